The van der Waals surface area contributed by atoms with Crippen LogP contribution in [0.2, 0.25) is 0 Å². The van der Waals surface area contributed by atoms with E-state index in [2.05, 4.69) is 63.6 Å². The van der Waals surface area contributed by atoms with Crippen LogP contribution in [0, 0.1) is 9.39 Å². The summed E-state index contributed by atoms with van der Waals surface area (Å²) in [5, 5.41) is 2.47. The van der Waals surface area contributed by atoms with Gasteiger partial charge in [0.1, 0.15) is 5.82 Å². The molecule has 0 amide bonds. The molecule has 4 aromatic rings. The highest BCUT2D eigenvalue weighted by Crippen LogP contribution is 2.34. The number of hydrogen-bond acceptors (Lipinski definition) is 0. The maximum Gasteiger partial charge on any atom is 0.123 e. The second kappa shape index (κ2) is 4.84. The number of fused-ring (bicyclic) bond motifs is 3. The first-order valence-corrected chi connectivity index (χ1v) is 7.77. The SMILES string of the molecule is Fc1ccc(-n2c3ccccc3c3c(I)cccc32)cc1. The van der Waals surface area contributed by atoms with Crippen LogP contribution in [0.15, 0.2) is 66.7 Å². The van der Waals surface area contributed by atoms with Crippen LogP contribution in [0.1, 0.15) is 0 Å². The number of para-hydroxylation sites is 1. The van der Waals surface area contributed by atoms with Gasteiger partial charge < -0.3 is 4.57 Å². The third kappa shape index (κ3) is 1.95. The lowest BCUT2D eigenvalue weighted by Gasteiger charge is -2.07. The van der Waals surface area contributed by atoms with E-state index in [-0.39, 0.29) is 5.82 Å². The quantitative estimate of drug-likeness (QED) is 0.379. The van der Waals surface area contributed by atoms with Gasteiger partial charge in [-0.1, -0.05) is 24.3 Å². The van der Waals surface area contributed by atoms with E-state index in [9.17, 15) is 4.39 Å². The largest absolute Gasteiger partial charge is 0.309 e. The highest BCUT2D eigenvalue weighted by atomic mass is 127. The third-order valence-electron chi connectivity index (χ3n) is 3.73. The highest BCUT2D eigenvalue weighted by Gasteiger charge is 2.13. The van der Waals surface area contributed by atoms with Crippen LogP contribution in [0.3, 0.4) is 0 Å². The first kappa shape index (κ1) is 12.8. The molecule has 0 radical (unpaired) electrons. The van der Waals surface area contributed by atoms with E-state index in [1.165, 1.54) is 26.5 Å². The Morgan fingerprint density at radius 3 is 2.29 bits per heavy atom. The van der Waals surface area contributed by atoms with Gasteiger partial charge >= 0.3 is 0 Å². The van der Waals surface area contributed by atoms with E-state index in [1.54, 1.807) is 0 Å². The number of hydrogen-bond donors (Lipinski definition) is 0. The molecule has 0 bridgehead atoms. The van der Waals surface area contributed by atoms with Crippen molar-refractivity contribution >= 4 is 44.4 Å². The lowest BCUT2D eigenvalue weighted by Crippen LogP contribution is -1.93. The van der Waals surface area contributed by atoms with Crippen molar-refractivity contribution in [1.29, 1.82) is 0 Å². The maximum atomic E-state index is 13.2. The molecule has 21 heavy (non-hydrogen) atoms. The summed E-state index contributed by atoms with van der Waals surface area (Å²) in [7, 11) is 0. The number of rotatable bonds is 1. The summed E-state index contributed by atoms with van der Waals surface area (Å²) in [4.78, 5) is 0. The topological polar surface area (TPSA) is 4.93 Å². The first-order chi connectivity index (χ1) is 10.3. The van der Waals surface area contributed by atoms with Crippen LogP contribution in [-0.4, -0.2) is 4.57 Å². The van der Waals surface area contributed by atoms with Crippen molar-refractivity contribution in [1.82, 2.24) is 4.57 Å². The number of aromatic nitrogens is 1. The van der Waals surface area contributed by atoms with Crippen molar-refractivity contribution in [3.63, 3.8) is 0 Å². The lowest BCUT2D eigenvalue weighted by atomic mass is 10.2. The predicted molar refractivity (Wildman–Crippen MR) is 93.5 cm³/mol. The Kier molecular flexibility index (Phi) is 2.96. The summed E-state index contributed by atoms with van der Waals surface area (Å²) in [6, 6.07) is 21.3. The van der Waals surface area contributed by atoms with Gasteiger partial charge in [0.25, 0.3) is 0 Å². The van der Waals surface area contributed by atoms with Crippen LogP contribution in [0.4, 0.5) is 4.39 Å². The Morgan fingerprint density at radius 2 is 1.48 bits per heavy atom. The van der Waals surface area contributed by atoms with Gasteiger partial charge in [0.05, 0.1) is 11.0 Å². The van der Waals surface area contributed by atoms with Gasteiger partial charge in [-0.05, 0) is 65.1 Å². The van der Waals surface area contributed by atoms with Gasteiger partial charge in [-0.25, -0.2) is 4.39 Å². The van der Waals surface area contributed by atoms with E-state index in [4.69, 9.17) is 0 Å². The molecule has 0 aliphatic carbocycles. The molecule has 0 fully saturated rings. The molecule has 0 saturated heterocycles. The van der Waals surface area contributed by atoms with Crippen molar-refractivity contribution in [3.8, 4) is 5.69 Å². The van der Waals surface area contributed by atoms with Crippen molar-refractivity contribution in [3.05, 3.63) is 76.1 Å². The van der Waals surface area contributed by atoms with Gasteiger partial charge in [-0.3, -0.25) is 0 Å². The first-order valence-electron chi connectivity index (χ1n) is 6.69. The predicted octanol–water partition coefficient (Wildman–Crippen LogP) is 5.53. The van der Waals surface area contributed by atoms with Crippen molar-refractivity contribution in [2.24, 2.45) is 0 Å². The fraction of sp³-hybridized carbons (Fsp3) is 0. The molecule has 102 valence electrons. The van der Waals surface area contributed by atoms with E-state index in [0.29, 0.717) is 0 Å². The molecule has 4 rings (SSSR count). The van der Waals surface area contributed by atoms with E-state index >= 15 is 0 Å². The molecule has 1 heterocycles. The fourth-order valence-electron chi connectivity index (χ4n) is 2.84. The van der Waals surface area contributed by atoms with Gasteiger partial charge in [-0.15, -0.1) is 0 Å². The molecule has 0 spiro atoms. The van der Waals surface area contributed by atoms with Crippen LogP contribution in [0.25, 0.3) is 27.5 Å². The number of halogens is 2. The minimum Gasteiger partial charge on any atom is -0.309 e. The molecule has 1 aromatic heterocycles. The van der Waals surface area contributed by atoms with E-state index < -0.39 is 0 Å². The van der Waals surface area contributed by atoms with Gasteiger partial charge in [0.2, 0.25) is 0 Å². The summed E-state index contributed by atoms with van der Waals surface area (Å²) in [5.74, 6) is -0.214. The second-order valence-corrected chi connectivity index (χ2v) is 6.13. The molecule has 0 aliphatic rings. The Bertz CT molecular complexity index is 954. The van der Waals surface area contributed by atoms with Crippen molar-refractivity contribution in [2.75, 3.05) is 0 Å². The second-order valence-electron chi connectivity index (χ2n) is 4.96. The summed E-state index contributed by atoms with van der Waals surface area (Å²) in [6.07, 6.45) is 0. The summed E-state index contributed by atoms with van der Waals surface area (Å²) in [5.41, 5.74) is 3.27. The third-order valence-corrected chi connectivity index (χ3v) is 4.63. The summed E-state index contributed by atoms with van der Waals surface area (Å²) < 4.78 is 16.6. The minimum atomic E-state index is -0.214. The molecule has 0 atom stereocenters. The smallest absolute Gasteiger partial charge is 0.123 e. The van der Waals surface area contributed by atoms with Crippen molar-refractivity contribution in [2.45, 2.75) is 0 Å². The Hall–Kier alpha value is -1.88. The molecule has 0 N–H and O–H groups in total. The van der Waals surface area contributed by atoms with Gasteiger partial charge in [0, 0.05) is 20.0 Å². The zero-order valence-corrected chi connectivity index (χ0v) is 13.2. The van der Waals surface area contributed by atoms with Gasteiger partial charge in [0.15, 0.2) is 0 Å². The molecule has 3 heteroatoms. The zero-order chi connectivity index (χ0) is 14.4. The van der Waals surface area contributed by atoms with Crippen molar-refractivity contribution < 1.29 is 4.39 Å². The Balaban J connectivity index is 2.20. The van der Waals surface area contributed by atoms with Crippen LogP contribution in [0.5, 0.6) is 0 Å². The molecule has 0 aliphatic heterocycles. The van der Waals surface area contributed by atoms with Crippen LogP contribution >= 0.6 is 22.6 Å². The monoisotopic (exact) mass is 387 g/mol. The summed E-state index contributed by atoms with van der Waals surface area (Å²) in [6.45, 7) is 0. The van der Waals surface area contributed by atoms with Gasteiger partial charge in [-0.2, -0.15) is 0 Å². The van der Waals surface area contributed by atoms with E-state index in [0.717, 1.165) is 16.7 Å². The molecule has 3 aromatic carbocycles. The fourth-order valence-corrected chi connectivity index (χ4v) is 3.62. The molecular weight excluding hydrogens is 376 g/mol. The standard InChI is InChI=1S/C18H11FIN/c19-12-8-10-13(11-9-12)21-16-6-2-1-4-14(16)18-15(20)5-3-7-17(18)21/h1-11H. The minimum absolute atomic E-state index is 0.214. The number of nitrogens with zero attached hydrogens (tertiary/aromatic N) is 1. The average molecular weight is 387 g/mol. The Morgan fingerprint density at radius 1 is 0.762 bits per heavy atom. The molecule has 0 saturated carbocycles. The van der Waals surface area contributed by atoms with E-state index in [1.807, 2.05) is 18.2 Å². The van der Waals surface area contributed by atoms with Crippen LogP contribution in [-0.2, 0) is 0 Å². The highest BCUT2D eigenvalue weighted by molar-refractivity contribution is 14.1. The summed E-state index contributed by atoms with van der Waals surface area (Å²) >= 11 is 2.37. The Labute approximate surface area is 135 Å². The molecule has 0 unspecified atom stereocenters. The maximum absolute atomic E-state index is 13.2. The molecular formula is C18H11FIN. The molecule has 1 nitrogen and oxygen atoms in total. The zero-order valence-electron chi connectivity index (χ0n) is 11.1. The number of benzene rings is 3. The average Bonchev–Trinajstić information content (AvgIpc) is 2.84. The van der Waals surface area contributed by atoms with Crippen LogP contribution < -0.4 is 0 Å². The lowest BCUT2D eigenvalue weighted by molar-refractivity contribution is 0.627. The normalized spacial score (nSPS) is 11.3.